The second-order valence-electron chi connectivity index (χ2n) is 3.57. The molecule has 14 heavy (non-hydrogen) atoms. The zero-order valence-corrected chi connectivity index (χ0v) is 8.74. The van der Waals surface area contributed by atoms with Gasteiger partial charge in [0.25, 0.3) is 0 Å². The zero-order chi connectivity index (χ0) is 10.6. The van der Waals surface area contributed by atoms with Crippen molar-refractivity contribution in [2.45, 2.75) is 25.7 Å². The van der Waals surface area contributed by atoms with E-state index in [4.69, 9.17) is 14.2 Å². The summed E-state index contributed by atoms with van der Waals surface area (Å²) in [5, 5.41) is 0. The lowest BCUT2D eigenvalue weighted by molar-refractivity contribution is -0.160. The van der Waals surface area contributed by atoms with Crippen molar-refractivity contribution in [2.75, 3.05) is 26.9 Å². The van der Waals surface area contributed by atoms with Crippen LogP contribution in [0.2, 0.25) is 0 Å². The number of ether oxygens (including phenoxy) is 4. The van der Waals surface area contributed by atoms with Crippen LogP contribution in [0.3, 0.4) is 0 Å². The summed E-state index contributed by atoms with van der Waals surface area (Å²) in [6.07, 6.45) is -0.175. The lowest BCUT2D eigenvalue weighted by Crippen LogP contribution is -2.26. The number of hydrogen-bond acceptors (Lipinski definition) is 5. The second kappa shape index (κ2) is 4.72. The van der Waals surface area contributed by atoms with E-state index >= 15 is 0 Å². The summed E-state index contributed by atoms with van der Waals surface area (Å²) < 4.78 is 20.2. The number of carbonyl (C=O) groups excluding carboxylic acids is 1. The van der Waals surface area contributed by atoms with E-state index < -0.39 is 5.79 Å². The summed E-state index contributed by atoms with van der Waals surface area (Å²) in [6, 6.07) is 0. The van der Waals surface area contributed by atoms with Crippen LogP contribution in [0.5, 0.6) is 0 Å². The van der Waals surface area contributed by atoms with Crippen molar-refractivity contribution in [3.8, 4) is 0 Å². The highest BCUT2D eigenvalue weighted by atomic mass is 16.7. The molecular weight excluding hydrogens is 188 g/mol. The third-order valence-electron chi connectivity index (χ3n) is 1.76. The van der Waals surface area contributed by atoms with Gasteiger partial charge in [-0.25, -0.2) is 4.79 Å². The predicted octanol–water partition coefficient (Wildman–Crippen LogP) is 0.327. The molecule has 82 valence electrons. The van der Waals surface area contributed by atoms with E-state index in [2.05, 4.69) is 4.74 Å². The summed E-state index contributed by atoms with van der Waals surface area (Å²) in [5.41, 5.74) is 0. The summed E-state index contributed by atoms with van der Waals surface area (Å²) in [5.74, 6) is -0.959. The maximum absolute atomic E-state index is 10.9. The lowest BCUT2D eigenvalue weighted by atomic mass is 10.4. The number of methoxy groups -OCH3 is 1. The molecule has 0 spiro atoms. The Balaban J connectivity index is 2.17. The SMILES string of the molecule is COCC(=O)OCC1COC(C)(C)O1. The number of rotatable bonds is 4. The molecule has 1 saturated heterocycles. The second-order valence-corrected chi connectivity index (χ2v) is 3.57. The fourth-order valence-corrected chi connectivity index (χ4v) is 1.19. The topological polar surface area (TPSA) is 54.0 Å². The maximum atomic E-state index is 10.9. The molecule has 0 bridgehead atoms. The van der Waals surface area contributed by atoms with E-state index in [1.165, 1.54) is 7.11 Å². The molecule has 1 unspecified atom stereocenters. The summed E-state index contributed by atoms with van der Waals surface area (Å²) in [6.45, 7) is 4.28. The first-order valence-electron chi connectivity index (χ1n) is 4.50. The van der Waals surface area contributed by atoms with E-state index in [0.717, 1.165) is 0 Å². The molecule has 1 atom stereocenters. The van der Waals surface area contributed by atoms with E-state index in [1.807, 2.05) is 13.8 Å². The summed E-state index contributed by atoms with van der Waals surface area (Å²) >= 11 is 0. The van der Waals surface area contributed by atoms with Gasteiger partial charge in [0, 0.05) is 7.11 Å². The minimum absolute atomic E-state index is 0.0308. The monoisotopic (exact) mass is 204 g/mol. The van der Waals surface area contributed by atoms with Crippen LogP contribution in [0.25, 0.3) is 0 Å². The van der Waals surface area contributed by atoms with Gasteiger partial charge in [0.05, 0.1) is 6.61 Å². The maximum Gasteiger partial charge on any atom is 0.332 e. The van der Waals surface area contributed by atoms with Gasteiger partial charge in [-0.2, -0.15) is 0 Å². The first-order chi connectivity index (χ1) is 6.53. The smallest absolute Gasteiger partial charge is 0.332 e. The van der Waals surface area contributed by atoms with Gasteiger partial charge in [-0.15, -0.1) is 0 Å². The molecule has 0 radical (unpaired) electrons. The summed E-state index contributed by atoms with van der Waals surface area (Å²) in [4.78, 5) is 10.9. The van der Waals surface area contributed by atoms with Crippen LogP contribution in [0.4, 0.5) is 0 Å². The highest BCUT2D eigenvalue weighted by Gasteiger charge is 2.33. The Hall–Kier alpha value is -0.650. The van der Waals surface area contributed by atoms with Gasteiger partial charge in [-0.3, -0.25) is 0 Å². The van der Waals surface area contributed by atoms with Crippen molar-refractivity contribution in [1.82, 2.24) is 0 Å². The minimum atomic E-state index is -0.571. The Morgan fingerprint density at radius 3 is 2.79 bits per heavy atom. The highest BCUT2D eigenvalue weighted by Crippen LogP contribution is 2.22. The predicted molar refractivity (Wildman–Crippen MR) is 47.7 cm³/mol. The fraction of sp³-hybridized carbons (Fsp3) is 0.889. The van der Waals surface area contributed by atoms with Crippen molar-refractivity contribution in [3.05, 3.63) is 0 Å². The third kappa shape index (κ3) is 3.61. The van der Waals surface area contributed by atoms with Gasteiger partial charge in [0.15, 0.2) is 5.79 Å². The first kappa shape index (κ1) is 11.4. The van der Waals surface area contributed by atoms with E-state index in [-0.39, 0.29) is 25.3 Å². The molecule has 0 N–H and O–H groups in total. The normalized spacial score (nSPS) is 24.9. The molecule has 0 aliphatic carbocycles. The average molecular weight is 204 g/mol. The van der Waals surface area contributed by atoms with Crippen molar-refractivity contribution < 1.29 is 23.7 Å². The molecule has 5 heteroatoms. The molecule has 1 aliphatic rings. The van der Waals surface area contributed by atoms with E-state index in [9.17, 15) is 4.79 Å². The van der Waals surface area contributed by atoms with Crippen molar-refractivity contribution in [2.24, 2.45) is 0 Å². The van der Waals surface area contributed by atoms with Crippen LogP contribution in [0.1, 0.15) is 13.8 Å². The Labute approximate surface area is 83.3 Å². The minimum Gasteiger partial charge on any atom is -0.461 e. The Bertz CT molecular complexity index is 201. The van der Waals surface area contributed by atoms with Crippen LogP contribution in [0.15, 0.2) is 0 Å². The molecule has 0 amide bonds. The van der Waals surface area contributed by atoms with E-state index in [0.29, 0.717) is 6.61 Å². The number of carbonyl (C=O) groups is 1. The average Bonchev–Trinajstić information content (AvgIpc) is 2.43. The van der Waals surface area contributed by atoms with Gasteiger partial charge in [-0.05, 0) is 13.8 Å². The third-order valence-corrected chi connectivity index (χ3v) is 1.76. The highest BCUT2D eigenvalue weighted by molar-refractivity contribution is 5.70. The lowest BCUT2D eigenvalue weighted by Gasteiger charge is -2.16. The molecule has 1 heterocycles. The Morgan fingerprint density at radius 1 is 1.57 bits per heavy atom. The Kier molecular flexibility index (Phi) is 3.86. The van der Waals surface area contributed by atoms with Crippen LogP contribution in [-0.2, 0) is 23.7 Å². The van der Waals surface area contributed by atoms with Gasteiger partial charge >= 0.3 is 5.97 Å². The van der Waals surface area contributed by atoms with Crippen LogP contribution >= 0.6 is 0 Å². The molecule has 1 fully saturated rings. The van der Waals surface area contributed by atoms with Crippen LogP contribution in [0, 0.1) is 0 Å². The molecule has 5 nitrogen and oxygen atoms in total. The number of esters is 1. The van der Waals surface area contributed by atoms with Crippen LogP contribution in [-0.4, -0.2) is 44.8 Å². The summed E-state index contributed by atoms with van der Waals surface area (Å²) in [7, 11) is 1.44. The van der Waals surface area contributed by atoms with Crippen molar-refractivity contribution in [1.29, 1.82) is 0 Å². The van der Waals surface area contributed by atoms with Crippen molar-refractivity contribution in [3.63, 3.8) is 0 Å². The van der Waals surface area contributed by atoms with Gasteiger partial charge in [0.1, 0.15) is 19.3 Å². The standard InChI is InChI=1S/C9H16O5/c1-9(2)13-5-7(14-9)4-12-8(10)6-11-3/h7H,4-6H2,1-3H3. The molecule has 0 saturated carbocycles. The van der Waals surface area contributed by atoms with Crippen molar-refractivity contribution >= 4 is 5.97 Å². The van der Waals surface area contributed by atoms with Gasteiger partial charge in [-0.1, -0.05) is 0 Å². The number of hydrogen-bond donors (Lipinski definition) is 0. The zero-order valence-electron chi connectivity index (χ0n) is 8.74. The molecule has 0 aromatic rings. The molecule has 1 rings (SSSR count). The van der Waals surface area contributed by atoms with Gasteiger partial charge < -0.3 is 18.9 Å². The van der Waals surface area contributed by atoms with E-state index in [1.54, 1.807) is 0 Å². The fourth-order valence-electron chi connectivity index (χ4n) is 1.19. The molecular formula is C9H16O5. The first-order valence-corrected chi connectivity index (χ1v) is 4.50. The molecule has 0 aromatic heterocycles. The molecule has 1 aliphatic heterocycles. The molecule has 0 aromatic carbocycles. The van der Waals surface area contributed by atoms with Crippen LogP contribution < -0.4 is 0 Å². The quantitative estimate of drug-likeness (QED) is 0.617. The largest absolute Gasteiger partial charge is 0.461 e. The van der Waals surface area contributed by atoms with Gasteiger partial charge in [0.2, 0.25) is 0 Å². The Morgan fingerprint density at radius 2 is 2.29 bits per heavy atom.